The molecule has 2 rings (SSSR count). The molecule has 0 unspecified atom stereocenters. The van der Waals surface area contributed by atoms with Gasteiger partial charge >= 0.3 is 6.61 Å². The molecule has 1 fully saturated rings. The lowest BCUT2D eigenvalue weighted by Gasteiger charge is -2.12. The molecule has 4 heteroatoms. The van der Waals surface area contributed by atoms with E-state index in [9.17, 15) is 8.78 Å². The van der Waals surface area contributed by atoms with Gasteiger partial charge in [-0.1, -0.05) is 25.0 Å². The SMILES string of the molecule is N[C@@H](CC1CC1)c1ccc(OC(F)F)cc1. The monoisotopic (exact) mass is 227 g/mol. The van der Waals surface area contributed by atoms with E-state index < -0.39 is 6.61 Å². The summed E-state index contributed by atoms with van der Waals surface area (Å²) in [6, 6.07) is 6.59. The van der Waals surface area contributed by atoms with Crippen molar-refractivity contribution < 1.29 is 13.5 Å². The molecule has 1 atom stereocenters. The van der Waals surface area contributed by atoms with E-state index in [0.717, 1.165) is 17.9 Å². The molecule has 1 aromatic carbocycles. The van der Waals surface area contributed by atoms with Crippen molar-refractivity contribution in [1.82, 2.24) is 0 Å². The smallest absolute Gasteiger partial charge is 0.387 e. The standard InChI is InChI=1S/C12H15F2NO/c13-12(14)16-10-5-3-9(4-6-10)11(15)7-8-1-2-8/h3-6,8,11-12H,1-2,7,15H2/t11-/m0/s1. The van der Waals surface area contributed by atoms with E-state index >= 15 is 0 Å². The summed E-state index contributed by atoms with van der Waals surface area (Å²) in [4.78, 5) is 0. The molecule has 0 amide bonds. The van der Waals surface area contributed by atoms with E-state index in [2.05, 4.69) is 4.74 Å². The third-order valence-corrected chi connectivity index (χ3v) is 2.82. The predicted octanol–water partition coefficient (Wildman–Crippen LogP) is 3.09. The van der Waals surface area contributed by atoms with Crippen LogP contribution in [0, 0.1) is 5.92 Å². The maximum atomic E-state index is 11.9. The first-order chi connectivity index (χ1) is 7.65. The molecule has 0 radical (unpaired) electrons. The average molecular weight is 227 g/mol. The van der Waals surface area contributed by atoms with Crippen molar-refractivity contribution in [2.45, 2.75) is 31.9 Å². The highest BCUT2D eigenvalue weighted by atomic mass is 19.3. The van der Waals surface area contributed by atoms with Crippen molar-refractivity contribution in [3.8, 4) is 5.75 Å². The van der Waals surface area contributed by atoms with Gasteiger partial charge in [0.05, 0.1) is 0 Å². The fraction of sp³-hybridized carbons (Fsp3) is 0.500. The molecule has 0 aromatic heterocycles. The van der Waals surface area contributed by atoms with Gasteiger partial charge in [0.1, 0.15) is 5.75 Å². The zero-order valence-corrected chi connectivity index (χ0v) is 8.90. The van der Waals surface area contributed by atoms with Crippen LogP contribution in [0.15, 0.2) is 24.3 Å². The molecule has 0 saturated heterocycles. The normalized spacial score (nSPS) is 17.5. The van der Waals surface area contributed by atoms with Crippen molar-refractivity contribution in [2.75, 3.05) is 0 Å². The minimum Gasteiger partial charge on any atom is -0.435 e. The zero-order valence-electron chi connectivity index (χ0n) is 8.90. The summed E-state index contributed by atoms with van der Waals surface area (Å²) >= 11 is 0. The van der Waals surface area contributed by atoms with Gasteiger partial charge in [0.15, 0.2) is 0 Å². The molecule has 1 saturated carbocycles. The Hall–Kier alpha value is -1.16. The van der Waals surface area contributed by atoms with E-state index in [1.807, 2.05) is 0 Å². The molecule has 1 aromatic rings. The summed E-state index contributed by atoms with van der Waals surface area (Å²) in [7, 11) is 0. The van der Waals surface area contributed by atoms with Gasteiger partial charge in [-0.05, 0) is 30.0 Å². The van der Waals surface area contributed by atoms with Crippen molar-refractivity contribution in [2.24, 2.45) is 11.7 Å². The van der Waals surface area contributed by atoms with Crippen LogP contribution in [0.1, 0.15) is 30.9 Å². The van der Waals surface area contributed by atoms with Gasteiger partial charge in [0, 0.05) is 6.04 Å². The van der Waals surface area contributed by atoms with Crippen molar-refractivity contribution in [1.29, 1.82) is 0 Å². The van der Waals surface area contributed by atoms with Gasteiger partial charge in [0.2, 0.25) is 0 Å². The third-order valence-electron chi connectivity index (χ3n) is 2.82. The van der Waals surface area contributed by atoms with Crippen LogP contribution < -0.4 is 10.5 Å². The fourth-order valence-electron chi connectivity index (χ4n) is 1.75. The average Bonchev–Trinajstić information content (AvgIpc) is 3.01. The number of hydrogen-bond acceptors (Lipinski definition) is 2. The highest BCUT2D eigenvalue weighted by Crippen LogP contribution is 2.36. The van der Waals surface area contributed by atoms with Gasteiger partial charge < -0.3 is 10.5 Å². The van der Waals surface area contributed by atoms with Crippen LogP contribution >= 0.6 is 0 Å². The Labute approximate surface area is 93.4 Å². The summed E-state index contributed by atoms with van der Waals surface area (Å²) in [5.41, 5.74) is 6.98. The second kappa shape index (κ2) is 4.78. The summed E-state index contributed by atoms with van der Waals surface area (Å²) in [5, 5.41) is 0. The van der Waals surface area contributed by atoms with Crippen LogP contribution in [0.5, 0.6) is 5.75 Å². The Bertz CT molecular complexity index is 335. The molecule has 0 aliphatic heterocycles. The number of hydrogen-bond donors (Lipinski definition) is 1. The van der Waals surface area contributed by atoms with Crippen molar-refractivity contribution in [3.05, 3.63) is 29.8 Å². The van der Waals surface area contributed by atoms with Crippen LogP contribution in [0.2, 0.25) is 0 Å². The minimum atomic E-state index is -2.77. The molecule has 88 valence electrons. The minimum absolute atomic E-state index is 0.00750. The molecule has 2 nitrogen and oxygen atoms in total. The Balaban J connectivity index is 1.94. The van der Waals surface area contributed by atoms with Crippen LogP contribution in [-0.4, -0.2) is 6.61 Å². The van der Waals surface area contributed by atoms with Crippen LogP contribution in [0.25, 0.3) is 0 Å². The Morgan fingerprint density at radius 2 is 1.88 bits per heavy atom. The predicted molar refractivity (Wildman–Crippen MR) is 57.3 cm³/mol. The number of ether oxygens (including phenoxy) is 1. The number of halogens is 2. The summed E-state index contributed by atoms with van der Waals surface area (Å²) in [5.74, 6) is 0.935. The molecule has 1 aliphatic carbocycles. The molecule has 0 heterocycles. The number of nitrogens with two attached hydrogens (primary N) is 1. The van der Waals surface area contributed by atoms with E-state index in [1.165, 1.54) is 25.0 Å². The summed E-state index contributed by atoms with van der Waals surface area (Å²) < 4.78 is 28.1. The van der Waals surface area contributed by atoms with Gasteiger partial charge in [-0.2, -0.15) is 8.78 Å². The first-order valence-corrected chi connectivity index (χ1v) is 5.45. The number of benzene rings is 1. The maximum absolute atomic E-state index is 11.9. The van der Waals surface area contributed by atoms with Crippen LogP contribution in [0.3, 0.4) is 0 Å². The maximum Gasteiger partial charge on any atom is 0.387 e. The summed E-state index contributed by atoms with van der Waals surface area (Å²) in [6.45, 7) is -2.77. The molecule has 2 N–H and O–H groups in total. The highest BCUT2D eigenvalue weighted by Gasteiger charge is 2.24. The molecular weight excluding hydrogens is 212 g/mol. The van der Waals surface area contributed by atoms with Crippen LogP contribution in [0.4, 0.5) is 8.78 Å². The second-order valence-electron chi connectivity index (χ2n) is 4.23. The molecule has 0 spiro atoms. The second-order valence-corrected chi connectivity index (χ2v) is 4.23. The van der Waals surface area contributed by atoms with Gasteiger partial charge in [-0.25, -0.2) is 0 Å². The molecule has 1 aliphatic rings. The first-order valence-electron chi connectivity index (χ1n) is 5.45. The van der Waals surface area contributed by atoms with Crippen LogP contribution in [-0.2, 0) is 0 Å². The topological polar surface area (TPSA) is 35.2 Å². The number of alkyl halides is 2. The first kappa shape index (κ1) is 11.3. The Kier molecular flexibility index (Phi) is 3.39. The highest BCUT2D eigenvalue weighted by molar-refractivity contribution is 5.29. The largest absolute Gasteiger partial charge is 0.435 e. The summed E-state index contributed by atoms with van der Waals surface area (Å²) in [6.07, 6.45) is 3.51. The molecule has 0 bridgehead atoms. The Morgan fingerprint density at radius 1 is 1.25 bits per heavy atom. The quantitative estimate of drug-likeness (QED) is 0.838. The lowest BCUT2D eigenvalue weighted by Crippen LogP contribution is -2.11. The third kappa shape index (κ3) is 3.17. The lowest BCUT2D eigenvalue weighted by atomic mass is 10.0. The zero-order chi connectivity index (χ0) is 11.5. The van der Waals surface area contributed by atoms with Gasteiger partial charge in [-0.3, -0.25) is 0 Å². The fourth-order valence-corrected chi connectivity index (χ4v) is 1.75. The Morgan fingerprint density at radius 3 is 2.38 bits per heavy atom. The van der Waals surface area contributed by atoms with E-state index in [-0.39, 0.29) is 11.8 Å². The number of rotatable bonds is 5. The van der Waals surface area contributed by atoms with Gasteiger partial charge in [0.25, 0.3) is 0 Å². The molecule has 16 heavy (non-hydrogen) atoms. The van der Waals surface area contributed by atoms with E-state index in [4.69, 9.17) is 5.73 Å². The van der Waals surface area contributed by atoms with E-state index in [1.54, 1.807) is 12.1 Å². The lowest BCUT2D eigenvalue weighted by molar-refractivity contribution is -0.0498. The molecular formula is C12H15F2NO. The van der Waals surface area contributed by atoms with Gasteiger partial charge in [-0.15, -0.1) is 0 Å². The van der Waals surface area contributed by atoms with Crippen molar-refractivity contribution >= 4 is 0 Å². The van der Waals surface area contributed by atoms with E-state index in [0.29, 0.717) is 0 Å². The van der Waals surface area contributed by atoms with Crippen molar-refractivity contribution in [3.63, 3.8) is 0 Å².